The second kappa shape index (κ2) is 4.53. The number of nitrogens with two attached hydrogens (primary N) is 1. The van der Waals surface area contributed by atoms with Gasteiger partial charge in [0.25, 0.3) is 0 Å². The molecule has 0 saturated carbocycles. The summed E-state index contributed by atoms with van der Waals surface area (Å²) in [6, 6.07) is 6.04. The topological polar surface area (TPSA) is 26.0 Å². The quantitative estimate of drug-likeness (QED) is 0.866. The van der Waals surface area contributed by atoms with Gasteiger partial charge in [0.1, 0.15) is 5.82 Å². The van der Waals surface area contributed by atoms with E-state index in [1.54, 1.807) is 17.4 Å². The first-order chi connectivity index (χ1) is 7.59. The Hall–Kier alpha value is -0.900. The maximum Gasteiger partial charge on any atom is 0.124 e. The zero-order valence-electron chi connectivity index (χ0n) is 8.71. The molecule has 1 aromatic heterocycles. The van der Waals surface area contributed by atoms with Crippen LogP contribution in [0.4, 0.5) is 4.39 Å². The zero-order chi connectivity index (χ0) is 11.7. The summed E-state index contributed by atoms with van der Waals surface area (Å²) in [5.41, 5.74) is 8.01. The zero-order valence-corrected chi connectivity index (χ0v) is 10.3. The van der Waals surface area contributed by atoms with Gasteiger partial charge >= 0.3 is 0 Å². The fourth-order valence-electron chi connectivity index (χ4n) is 1.60. The lowest BCUT2D eigenvalue weighted by Crippen LogP contribution is -2.12. The van der Waals surface area contributed by atoms with E-state index in [4.69, 9.17) is 17.3 Å². The van der Waals surface area contributed by atoms with E-state index < -0.39 is 0 Å². The first kappa shape index (κ1) is 11.6. The van der Waals surface area contributed by atoms with Crippen LogP contribution < -0.4 is 5.73 Å². The number of rotatable bonds is 2. The van der Waals surface area contributed by atoms with E-state index in [0.717, 1.165) is 16.0 Å². The molecule has 2 rings (SSSR count). The molecule has 2 aromatic rings. The van der Waals surface area contributed by atoms with Crippen molar-refractivity contribution in [2.45, 2.75) is 13.0 Å². The molecule has 1 aromatic carbocycles. The second-order valence-electron chi connectivity index (χ2n) is 3.61. The smallest absolute Gasteiger partial charge is 0.124 e. The van der Waals surface area contributed by atoms with Crippen molar-refractivity contribution in [3.63, 3.8) is 0 Å². The lowest BCUT2D eigenvalue weighted by molar-refractivity contribution is 0.626. The van der Waals surface area contributed by atoms with Crippen molar-refractivity contribution in [3.05, 3.63) is 56.5 Å². The van der Waals surface area contributed by atoms with E-state index in [1.807, 2.05) is 18.4 Å². The summed E-state index contributed by atoms with van der Waals surface area (Å²) in [4.78, 5) is 1.06. The molecule has 0 radical (unpaired) electrons. The SMILES string of the molecule is Cc1ccsc1C(N)c1ccc(F)cc1Cl. The number of aryl methyl sites for hydroxylation is 1. The maximum atomic E-state index is 12.9. The van der Waals surface area contributed by atoms with Crippen LogP contribution in [0.15, 0.2) is 29.6 Å². The molecule has 0 saturated heterocycles. The van der Waals surface area contributed by atoms with Gasteiger partial charge in [-0.15, -0.1) is 11.3 Å². The third kappa shape index (κ3) is 2.12. The molecule has 0 fully saturated rings. The van der Waals surface area contributed by atoms with E-state index in [1.165, 1.54) is 12.1 Å². The monoisotopic (exact) mass is 255 g/mol. The molecule has 0 aliphatic heterocycles. The molecule has 1 unspecified atom stereocenters. The highest BCUT2D eigenvalue weighted by atomic mass is 35.5. The Balaban J connectivity index is 2.41. The second-order valence-corrected chi connectivity index (χ2v) is 4.97. The Morgan fingerprint density at radius 1 is 1.38 bits per heavy atom. The van der Waals surface area contributed by atoms with Crippen molar-refractivity contribution >= 4 is 22.9 Å². The highest BCUT2D eigenvalue weighted by Gasteiger charge is 2.15. The van der Waals surface area contributed by atoms with Crippen LogP contribution in [0.25, 0.3) is 0 Å². The first-order valence-electron chi connectivity index (χ1n) is 4.84. The van der Waals surface area contributed by atoms with E-state index in [-0.39, 0.29) is 11.9 Å². The van der Waals surface area contributed by atoms with Crippen LogP contribution in [0.3, 0.4) is 0 Å². The van der Waals surface area contributed by atoms with Crippen LogP contribution >= 0.6 is 22.9 Å². The minimum absolute atomic E-state index is 0.284. The van der Waals surface area contributed by atoms with Crippen LogP contribution in [0.2, 0.25) is 5.02 Å². The van der Waals surface area contributed by atoms with E-state index in [9.17, 15) is 4.39 Å². The van der Waals surface area contributed by atoms with Gasteiger partial charge in [-0.2, -0.15) is 0 Å². The van der Waals surface area contributed by atoms with E-state index in [0.29, 0.717) is 5.02 Å². The Labute approximate surface area is 103 Å². The normalized spacial score (nSPS) is 12.8. The van der Waals surface area contributed by atoms with Crippen LogP contribution in [0, 0.1) is 12.7 Å². The van der Waals surface area contributed by atoms with Crippen molar-refractivity contribution in [2.75, 3.05) is 0 Å². The molecular formula is C12H11ClFNS. The van der Waals surface area contributed by atoms with Gasteiger partial charge in [0, 0.05) is 9.90 Å². The van der Waals surface area contributed by atoms with Crippen molar-refractivity contribution in [1.29, 1.82) is 0 Å². The minimum Gasteiger partial charge on any atom is -0.320 e. The van der Waals surface area contributed by atoms with Gasteiger partial charge in [-0.05, 0) is 41.6 Å². The molecule has 0 amide bonds. The molecule has 0 aliphatic rings. The Bertz CT molecular complexity index is 509. The van der Waals surface area contributed by atoms with Gasteiger partial charge in [-0.1, -0.05) is 17.7 Å². The van der Waals surface area contributed by atoms with Crippen LogP contribution in [-0.2, 0) is 0 Å². The maximum absolute atomic E-state index is 12.9. The summed E-state index contributed by atoms with van der Waals surface area (Å²) < 4.78 is 12.9. The Kier molecular flexibility index (Phi) is 3.28. The average molecular weight is 256 g/mol. The summed E-state index contributed by atoms with van der Waals surface area (Å²) in [6.45, 7) is 2.00. The van der Waals surface area contributed by atoms with E-state index >= 15 is 0 Å². The molecule has 4 heteroatoms. The molecule has 16 heavy (non-hydrogen) atoms. The minimum atomic E-state index is -0.344. The first-order valence-corrected chi connectivity index (χ1v) is 6.10. The number of halogens is 2. The predicted octanol–water partition coefficient (Wildman–Crippen LogP) is 3.90. The number of thiophene rings is 1. The number of hydrogen-bond donors (Lipinski definition) is 1. The number of hydrogen-bond acceptors (Lipinski definition) is 2. The highest BCUT2D eigenvalue weighted by molar-refractivity contribution is 7.10. The summed E-state index contributed by atoms with van der Waals surface area (Å²) >= 11 is 7.57. The van der Waals surface area contributed by atoms with E-state index in [2.05, 4.69) is 0 Å². The fourth-order valence-corrected chi connectivity index (χ4v) is 2.83. The lowest BCUT2D eigenvalue weighted by atomic mass is 10.0. The summed E-state index contributed by atoms with van der Waals surface area (Å²) in [7, 11) is 0. The largest absolute Gasteiger partial charge is 0.320 e. The van der Waals surface area contributed by atoms with Crippen molar-refractivity contribution < 1.29 is 4.39 Å². The lowest BCUT2D eigenvalue weighted by Gasteiger charge is -2.13. The van der Waals surface area contributed by atoms with Crippen molar-refractivity contribution in [1.82, 2.24) is 0 Å². The van der Waals surface area contributed by atoms with Gasteiger partial charge in [-0.3, -0.25) is 0 Å². The highest BCUT2D eigenvalue weighted by Crippen LogP contribution is 2.31. The molecule has 1 heterocycles. The predicted molar refractivity (Wildman–Crippen MR) is 66.5 cm³/mol. The molecule has 2 N–H and O–H groups in total. The van der Waals surface area contributed by atoms with Crippen LogP contribution in [-0.4, -0.2) is 0 Å². The Morgan fingerprint density at radius 2 is 2.12 bits per heavy atom. The van der Waals surface area contributed by atoms with Gasteiger partial charge < -0.3 is 5.73 Å². The van der Waals surface area contributed by atoms with Gasteiger partial charge in [-0.25, -0.2) is 4.39 Å². The van der Waals surface area contributed by atoms with Crippen LogP contribution in [0.5, 0.6) is 0 Å². The van der Waals surface area contributed by atoms with Crippen molar-refractivity contribution in [2.24, 2.45) is 5.73 Å². The van der Waals surface area contributed by atoms with Gasteiger partial charge in [0.05, 0.1) is 6.04 Å². The van der Waals surface area contributed by atoms with Crippen molar-refractivity contribution in [3.8, 4) is 0 Å². The van der Waals surface area contributed by atoms with Crippen LogP contribution in [0.1, 0.15) is 22.0 Å². The molecule has 84 valence electrons. The molecular weight excluding hydrogens is 245 g/mol. The average Bonchev–Trinajstić information content (AvgIpc) is 2.63. The summed E-state index contributed by atoms with van der Waals surface area (Å²) in [6.07, 6.45) is 0. The van der Waals surface area contributed by atoms with Gasteiger partial charge in [0.15, 0.2) is 0 Å². The van der Waals surface area contributed by atoms with Gasteiger partial charge in [0.2, 0.25) is 0 Å². The fraction of sp³-hybridized carbons (Fsp3) is 0.167. The third-order valence-corrected chi connectivity index (χ3v) is 3.91. The summed E-state index contributed by atoms with van der Waals surface area (Å²) in [5.74, 6) is -0.344. The molecule has 0 bridgehead atoms. The molecule has 0 spiro atoms. The molecule has 1 atom stereocenters. The Morgan fingerprint density at radius 3 is 2.69 bits per heavy atom. The number of benzene rings is 1. The molecule has 0 aliphatic carbocycles. The third-order valence-electron chi connectivity index (χ3n) is 2.48. The standard InChI is InChI=1S/C12H11ClFNS/c1-7-4-5-16-12(7)11(15)9-3-2-8(14)6-10(9)13/h2-6,11H,15H2,1H3. The molecule has 1 nitrogen and oxygen atoms in total. The summed E-state index contributed by atoms with van der Waals surface area (Å²) in [5, 5.41) is 2.36.